The number of hydrazone groups is 1. The lowest BCUT2D eigenvalue weighted by Gasteiger charge is -2.09. The van der Waals surface area contributed by atoms with Gasteiger partial charge in [-0.25, -0.2) is 10.2 Å². The molecule has 0 radical (unpaired) electrons. The van der Waals surface area contributed by atoms with Crippen LogP contribution in [0.2, 0.25) is 0 Å². The van der Waals surface area contributed by atoms with Gasteiger partial charge in [0.05, 0.1) is 26.0 Å². The van der Waals surface area contributed by atoms with Gasteiger partial charge in [0.15, 0.2) is 18.1 Å². The van der Waals surface area contributed by atoms with Crippen LogP contribution < -0.4 is 14.9 Å². The van der Waals surface area contributed by atoms with Crippen molar-refractivity contribution in [3.05, 3.63) is 59.7 Å². The average Bonchev–Trinajstić information content (AvgIpc) is 2.66. The lowest BCUT2D eigenvalue weighted by atomic mass is 10.1. The summed E-state index contributed by atoms with van der Waals surface area (Å²) in [5.74, 6) is 0.200. The van der Waals surface area contributed by atoms with Gasteiger partial charge in [-0.2, -0.15) is 5.10 Å². The number of ether oxygens (including phenoxy) is 3. The Hall–Kier alpha value is -3.35. The number of amides is 1. The summed E-state index contributed by atoms with van der Waals surface area (Å²) in [6.07, 6.45) is 1.46. The molecule has 0 saturated heterocycles. The van der Waals surface area contributed by atoms with Crippen LogP contribution in [0.5, 0.6) is 11.5 Å². The number of nitrogens with zero attached hydrogens (tertiary/aromatic N) is 1. The number of hydrogen-bond donors (Lipinski definition) is 1. The van der Waals surface area contributed by atoms with Crippen LogP contribution in [-0.2, 0) is 9.53 Å². The molecule has 0 saturated carbocycles. The summed E-state index contributed by atoms with van der Waals surface area (Å²) in [4.78, 5) is 23.1. The molecule has 2 rings (SSSR count). The summed E-state index contributed by atoms with van der Waals surface area (Å²) in [5.41, 5.74) is 3.52. The molecule has 0 heterocycles. The van der Waals surface area contributed by atoms with E-state index in [1.807, 2.05) is 6.07 Å². The van der Waals surface area contributed by atoms with Crippen LogP contribution in [0.15, 0.2) is 53.6 Å². The standard InChI is InChI=1S/C18H18N2O5/c1-23-15-5-3-4-6-16(15)25-12-17(21)20-19-11-13-7-9-14(10-8-13)18(22)24-2/h3-11H,12H2,1-2H3,(H,20,21)/b19-11+. The van der Waals surface area contributed by atoms with Gasteiger partial charge in [0.25, 0.3) is 5.91 Å². The second-order valence-corrected chi connectivity index (χ2v) is 4.85. The van der Waals surface area contributed by atoms with Crippen LogP contribution in [0, 0.1) is 0 Å². The lowest BCUT2D eigenvalue weighted by molar-refractivity contribution is -0.123. The first kappa shape index (κ1) is 18.0. The number of benzene rings is 2. The number of rotatable bonds is 7. The predicted molar refractivity (Wildman–Crippen MR) is 92.0 cm³/mol. The Labute approximate surface area is 145 Å². The Balaban J connectivity index is 1.83. The van der Waals surface area contributed by atoms with Crippen LogP contribution >= 0.6 is 0 Å². The van der Waals surface area contributed by atoms with Gasteiger partial charge in [-0.15, -0.1) is 0 Å². The number of methoxy groups -OCH3 is 2. The maximum absolute atomic E-state index is 11.7. The van der Waals surface area contributed by atoms with Crippen molar-refractivity contribution in [1.29, 1.82) is 0 Å². The molecule has 2 aromatic carbocycles. The first-order valence-electron chi connectivity index (χ1n) is 7.40. The third-order valence-electron chi connectivity index (χ3n) is 3.16. The van der Waals surface area contributed by atoms with E-state index in [-0.39, 0.29) is 6.61 Å². The van der Waals surface area contributed by atoms with Gasteiger partial charge in [0.2, 0.25) is 0 Å². The summed E-state index contributed by atoms with van der Waals surface area (Å²) >= 11 is 0. The molecule has 1 N–H and O–H groups in total. The average molecular weight is 342 g/mol. The van der Waals surface area contributed by atoms with Gasteiger partial charge in [0.1, 0.15) is 0 Å². The first-order chi connectivity index (χ1) is 12.1. The SMILES string of the molecule is COC(=O)c1ccc(/C=N/NC(=O)COc2ccccc2OC)cc1. The summed E-state index contributed by atoms with van der Waals surface area (Å²) < 4.78 is 15.1. The Morgan fingerprint density at radius 2 is 1.72 bits per heavy atom. The minimum atomic E-state index is -0.412. The molecule has 0 bridgehead atoms. The topological polar surface area (TPSA) is 86.2 Å². The van der Waals surface area contributed by atoms with Gasteiger partial charge in [-0.1, -0.05) is 24.3 Å². The van der Waals surface area contributed by atoms with Crippen molar-refractivity contribution in [2.45, 2.75) is 0 Å². The number of carbonyl (C=O) groups excluding carboxylic acids is 2. The molecule has 0 unspecified atom stereocenters. The zero-order valence-corrected chi connectivity index (χ0v) is 13.9. The molecule has 25 heavy (non-hydrogen) atoms. The summed E-state index contributed by atoms with van der Waals surface area (Å²) in [7, 11) is 2.85. The molecule has 0 aliphatic carbocycles. The third kappa shape index (κ3) is 5.35. The molecule has 0 atom stereocenters. The van der Waals surface area contributed by atoms with E-state index in [1.54, 1.807) is 42.5 Å². The molecule has 2 aromatic rings. The van der Waals surface area contributed by atoms with Crippen molar-refractivity contribution in [1.82, 2.24) is 5.43 Å². The normalized spacial score (nSPS) is 10.3. The lowest BCUT2D eigenvalue weighted by Crippen LogP contribution is -2.24. The quantitative estimate of drug-likeness (QED) is 0.472. The second kappa shape index (κ2) is 9.07. The first-order valence-corrected chi connectivity index (χ1v) is 7.40. The highest BCUT2D eigenvalue weighted by molar-refractivity contribution is 5.90. The molecular weight excluding hydrogens is 324 g/mol. The van der Waals surface area contributed by atoms with E-state index in [4.69, 9.17) is 9.47 Å². The second-order valence-electron chi connectivity index (χ2n) is 4.85. The van der Waals surface area contributed by atoms with Crippen molar-refractivity contribution >= 4 is 18.1 Å². The molecule has 7 nitrogen and oxygen atoms in total. The van der Waals surface area contributed by atoms with Crippen LogP contribution in [0.25, 0.3) is 0 Å². The van der Waals surface area contributed by atoms with Crippen LogP contribution in [0.3, 0.4) is 0 Å². The fourth-order valence-electron chi connectivity index (χ4n) is 1.92. The molecular formula is C18H18N2O5. The van der Waals surface area contributed by atoms with E-state index in [9.17, 15) is 9.59 Å². The molecule has 7 heteroatoms. The number of para-hydroxylation sites is 2. The van der Waals surface area contributed by atoms with Gasteiger partial charge in [-0.3, -0.25) is 4.79 Å². The van der Waals surface area contributed by atoms with Crippen molar-refractivity contribution in [3.63, 3.8) is 0 Å². The number of nitrogens with one attached hydrogen (secondary N) is 1. The highest BCUT2D eigenvalue weighted by Gasteiger charge is 2.06. The van der Waals surface area contributed by atoms with Gasteiger partial charge in [-0.05, 0) is 29.8 Å². The highest BCUT2D eigenvalue weighted by atomic mass is 16.5. The Morgan fingerprint density at radius 3 is 2.36 bits per heavy atom. The Kier molecular flexibility index (Phi) is 6.53. The van der Waals surface area contributed by atoms with E-state index in [1.165, 1.54) is 20.4 Å². The van der Waals surface area contributed by atoms with Crippen LogP contribution in [0.1, 0.15) is 15.9 Å². The monoisotopic (exact) mass is 342 g/mol. The molecule has 0 fully saturated rings. The summed E-state index contributed by atoms with van der Waals surface area (Å²) in [6.45, 7) is -0.195. The predicted octanol–water partition coefficient (Wildman–Crippen LogP) is 2.01. The number of hydrogen-bond acceptors (Lipinski definition) is 6. The minimum Gasteiger partial charge on any atom is -0.493 e. The molecule has 0 spiro atoms. The molecule has 130 valence electrons. The van der Waals surface area contributed by atoms with Crippen molar-refractivity contribution in [2.75, 3.05) is 20.8 Å². The van der Waals surface area contributed by atoms with Crippen molar-refractivity contribution < 1.29 is 23.8 Å². The summed E-state index contributed by atoms with van der Waals surface area (Å²) in [6, 6.07) is 13.6. The zero-order valence-electron chi connectivity index (χ0n) is 13.9. The van der Waals surface area contributed by atoms with Gasteiger partial charge >= 0.3 is 5.97 Å². The number of esters is 1. The van der Waals surface area contributed by atoms with Crippen molar-refractivity contribution in [3.8, 4) is 11.5 Å². The fraction of sp³-hybridized carbons (Fsp3) is 0.167. The van der Waals surface area contributed by atoms with E-state index >= 15 is 0 Å². The van der Waals surface area contributed by atoms with E-state index < -0.39 is 11.9 Å². The van der Waals surface area contributed by atoms with E-state index in [0.717, 1.165) is 5.56 Å². The minimum absolute atomic E-state index is 0.195. The van der Waals surface area contributed by atoms with E-state index in [2.05, 4.69) is 15.3 Å². The highest BCUT2D eigenvalue weighted by Crippen LogP contribution is 2.25. The Morgan fingerprint density at radius 1 is 1.04 bits per heavy atom. The van der Waals surface area contributed by atoms with Gasteiger partial charge in [0, 0.05) is 0 Å². The molecule has 1 amide bonds. The number of carbonyl (C=O) groups is 2. The largest absolute Gasteiger partial charge is 0.493 e. The zero-order chi connectivity index (χ0) is 18.1. The maximum atomic E-state index is 11.7. The fourth-order valence-corrected chi connectivity index (χ4v) is 1.92. The third-order valence-corrected chi connectivity index (χ3v) is 3.16. The molecule has 0 aliphatic heterocycles. The summed E-state index contributed by atoms with van der Waals surface area (Å²) in [5, 5.41) is 3.84. The smallest absolute Gasteiger partial charge is 0.337 e. The van der Waals surface area contributed by atoms with Crippen molar-refractivity contribution in [2.24, 2.45) is 5.10 Å². The molecule has 0 aliphatic rings. The molecule has 0 aromatic heterocycles. The Bertz CT molecular complexity index is 756. The van der Waals surface area contributed by atoms with Gasteiger partial charge < -0.3 is 14.2 Å². The van der Waals surface area contributed by atoms with Crippen LogP contribution in [0.4, 0.5) is 0 Å². The van der Waals surface area contributed by atoms with E-state index in [0.29, 0.717) is 17.1 Å². The maximum Gasteiger partial charge on any atom is 0.337 e. The van der Waals surface area contributed by atoms with Crippen LogP contribution in [-0.4, -0.2) is 38.9 Å².